The zero-order valence-corrected chi connectivity index (χ0v) is 14.8. The van der Waals surface area contributed by atoms with Crippen LogP contribution in [0.25, 0.3) is 0 Å². The van der Waals surface area contributed by atoms with Crippen molar-refractivity contribution in [1.82, 2.24) is 0 Å². The average molecular weight is 388 g/mol. The van der Waals surface area contributed by atoms with Crippen LogP contribution in [-0.2, 0) is 11.0 Å². The molecular formula is C18H17ClF3NO3. The molecule has 8 heteroatoms. The monoisotopic (exact) mass is 387 g/mol. The van der Waals surface area contributed by atoms with Crippen LogP contribution in [0.15, 0.2) is 42.5 Å². The van der Waals surface area contributed by atoms with Crippen LogP contribution in [0.1, 0.15) is 19.4 Å². The molecule has 0 fully saturated rings. The van der Waals surface area contributed by atoms with Crippen LogP contribution in [0.5, 0.6) is 11.5 Å². The lowest BCUT2D eigenvalue weighted by molar-refractivity contribution is -0.137. The second-order valence-electron chi connectivity index (χ2n) is 5.35. The minimum absolute atomic E-state index is 0.0196. The van der Waals surface area contributed by atoms with Crippen molar-refractivity contribution >= 4 is 23.2 Å². The summed E-state index contributed by atoms with van der Waals surface area (Å²) in [5.41, 5.74) is -1.04. The van der Waals surface area contributed by atoms with Gasteiger partial charge in [0.15, 0.2) is 6.10 Å². The van der Waals surface area contributed by atoms with E-state index in [-0.39, 0.29) is 5.69 Å². The number of anilines is 1. The van der Waals surface area contributed by atoms with Crippen molar-refractivity contribution in [1.29, 1.82) is 0 Å². The van der Waals surface area contributed by atoms with E-state index in [9.17, 15) is 18.0 Å². The fourth-order valence-electron chi connectivity index (χ4n) is 2.10. The molecule has 4 nitrogen and oxygen atoms in total. The number of ether oxygens (including phenoxy) is 2. The predicted octanol–water partition coefficient (Wildman–Crippen LogP) is 5.16. The molecule has 0 aliphatic rings. The second kappa shape index (κ2) is 8.31. The third-order valence-corrected chi connectivity index (χ3v) is 3.69. The molecular weight excluding hydrogens is 371 g/mol. The van der Waals surface area contributed by atoms with E-state index < -0.39 is 28.8 Å². The Morgan fingerprint density at radius 1 is 1.15 bits per heavy atom. The number of benzene rings is 2. The van der Waals surface area contributed by atoms with Crippen molar-refractivity contribution in [3.8, 4) is 11.5 Å². The molecule has 1 unspecified atom stereocenters. The highest BCUT2D eigenvalue weighted by Gasteiger charge is 2.33. The summed E-state index contributed by atoms with van der Waals surface area (Å²) in [5, 5.41) is 1.95. The quantitative estimate of drug-likeness (QED) is 0.744. The van der Waals surface area contributed by atoms with E-state index in [1.54, 1.807) is 24.3 Å². The normalized spacial score (nSPS) is 12.4. The molecule has 140 valence electrons. The van der Waals surface area contributed by atoms with Gasteiger partial charge < -0.3 is 14.8 Å². The maximum absolute atomic E-state index is 12.9. The van der Waals surface area contributed by atoms with Crippen LogP contribution >= 0.6 is 11.6 Å². The van der Waals surface area contributed by atoms with Gasteiger partial charge >= 0.3 is 6.18 Å². The molecule has 1 N–H and O–H groups in total. The molecule has 2 rings (SSSR count). The predicted molar refractivity (Wildman–Crippen MR) is 92.8 cm³/mol. The van der Waals surface area contributed by atoms with Gasteiger partial charge in [0.05, 0.1) is 17.2 Å². The maximum Gasteiger partial charge on any atom is 0.417 e. The van der Waals surface area contributed by atoms with Crippen molar-refractivity contribution in [2.24, 2.45) is 0 Å². The van der Waals surface area contributed by atoms with E-state index in [4.69, 9.17) is 21.1 Å². The van der Waals surface area contributed by atoms with Gasteiger partial charge in [-0.3, -0.25) is 4.79 Å². The lowest BCUT2D eigenvalue weighted by Crippen LogP contribution is -2.30. The molecule has 0 aliphatic carbocycles. The van der Waals surface area contributed by atoms with Gasteiger partial charge in [-0.05, 0) is 56.3 Å². The highest BCUT2D eigenvalue weighted by molar-refractivity contribution is 6.31. The summed E-state index contributed by atoms with van der Waals surface area (Å²) in [5.74, 6) is 0.510. The Bertz CT molecular complexity index is 763. The molecule has 1 atom stereocenters. The molecule has 0 radical (unpaired) electrons. The number of hydrogen-bond acceptors (Lipinski definition) is 3. The molecule has 26 heavy (non-hydrogen) atoms. The molecule has 0 heterocycles. The molecule has 2 aromatic carbocycles. The summed E-state index contributed by atoms with van der Waals surface area (Å²) in [4.78, 5) is 12.2. The lowest BCUT2D eigenvalue weighted by atomic mass is 10.2. The Balaban J connectivity index is 2.03. The number of carbonyl (C=O) groups is 1. The molecule has 0 aromatic heterocycles. The number of nitrogens with one attached hydrogen (secondary N) is 1. The van der Waals surface area contributed by atoms with Gasteiger partial charge in [0.2, 0.25) is 0 Å². The first-order valence-electron chi connectivity index (χ1n) is 7.78. The van der Waals surface area contributed by atoms with Gasteiger partial charge in [0.25, 0.3) is 5.91 Å². The molecule has 0 saturated carbocycles. The number of alkyl halides is 3. The first-order valence-corrected chi connectivity index (χ1v) is 8.15. The van der Waals surface area contributed by atoms with E-state index in [0.29, 0.717) is 18.1 Å². The van der Waals surface area contributed by atoms with Crippen molar-refractivity contribution in [2.75, 3.05) is 11.9 Å². The van der Waals surface area contributed by atoms with Gasteiger partial charge in [-0.2, -0.15) is 13.2 Å². The number of rotatable bonds is 6. The molecule has 0 bridgehead atoms. The topological polar surface area (TPSA) is 47.6 Å². The third-order valence-electron chi connectivity index (χ3n) is 3.36. The number of amides is 1. The van der Waals surface area contributed by atoms with Crippen LogP contribution in [0.3, 0.4) is 0 Å². The number of halogens is 4. The SMILES string of the molecule is CCOc1ccc(OC(C)C(=O)Nc2ccc(Cl)c(C(F)(F)F)c2)cc1. The Morgan fingerprint density at radius 3 is 2.35 bits per heavy atom. The summed E-state index contributed by atoms with van der Waals surface area (Å²) >= 11 is 5.55. The fraction of sp³-hybridized carbons (Fsp3) is 0.278. The second-order valence-corrected chi connectivity index (χ2v) is 5.75. The summed E-state index contributed by atoms with van der Waals surface area (Å²) in [7, 11) is 0. The van der Waals surface area contributed by atoms with E-state index in [1.807, 2.05) is 6.92 Å². The minimum Gasteiger partial charge on any atom is -0.494 e. The zero-order valence-electron chi connectivity index (χ0n) is 14.1. The van der Waals surface area contributed by atoms with E-state index in [1.165, 1.54) is 13.0 Å². The van der Waals surface area contributed by atoms with Gasteiger partial charge in [-0.1, -0.05) is 11.6 Å². The third kappa shape index (κ3) is 5.29. The largest absolute Gasteiger partial charge is 0.494 e. The Kier molecular flexibility index (Phi) is 6.37. The summed E-state index contributed by atoms with van der Waals surface area (Å²) in [6.07, 6.45) is -5.53. The van der Waals surface area contributed by atoms with Gasteiger partial charge in [0, 0.05) is 5.69 Å². The highest BCUT2D eigenvalue weighted by Crippen LogP contribution is 2.36. The highest BCUT2D eigenvalue weighted by atomic mass is 35.5. The van der Waals surface area contributed by atoms with Gasteiger partial charge in [-0.25, -0.2) is 0 Å². The molecule has 0 saturated heterocycles. The Hall–Kier alpha value is -2.41. The maximum atomic E-state index is 12.9. The summed E-state index contributed by atoms with van der Waals surface area (Å²) in [6, 6.07) is 9.81. The molecule has 0 aliphatic heterocycles. The number of hydrogen-bond donors (Lipinski definition) is 1. The summed E-state index contributed by atoms with van der Waals surface area (Å²) in [6.45, 7) is 3.88. The molecule has 1 amide bonds. The van der Waals surface area contributed by atoms with Crippen LogP contribution in [0.2, 0.25) is 5.02 Å². The minimum atomic E-state index is -4.61. The lowest BCUT2D eigenvalue weighted by Gasteiger charge is -2.16. The van der Waals surface area contributed by atoms with E-state index in [0.717, 1.165) is 12.1 Å². The van der Waals surface area contributed by atoms with Crippen LogP contribution in [0, 0.1) is 0 Å². The zero-order chi connectivity index (χ0) is 19.3. The van der Waals surface area contributed by atoms with Crippen molar-refractivity contribution in [2.45, 2.75) is 26.1 Å². The van der Waals surface area contributed by atoms with Gasteiger partial charge in [-0.15, -0.1) is 0 Å². The first kappa shape index (κ1) is 19.9. The number of carbonyl (C=O) groups excluding carboxylic acids is 1. The summed E-state index contributed by atoms with van der Waals surface area (Å²) < 4.78 is 49.4. The fourth-order valence-corrected chi connectivity index (χ4v) is 2.33. The van der Waals surface area contributed by atoms with Crippen LogP contribution in [0.4, 0.5) is 18.9 Å². The Labute approximate surface area is 153 Å². The van der Waals surface area contributed by atoms with Gasteiger partial charge in [0.1, 0.15) is 11.5 Å². The van der Waals surface area contributed by atoms with Crippen LogP contribution in [-0.4, -0.2) is 18.6 Å². The Morgan fingerprint density at radius 2 is 1.77 bits per heavy atom. The molecule has 0 spiro atoms. The van der Waals surface area contributed by atoms with Crippen molar-refractivity contribution < 1.29 is 27.4 Å². The van der Waals surface area contributed by atoms with Crippen molar-refractivity contribution in [3.63, 3.8) is 0 Å². The molecule has 2 aromatic rings. The van der Waals surface area contributed by atoms with E-state index in [2.05, 4.69) is 5.32 Å². The smallest absolute Gasteiger partial charge is 0.417 e. The van der Waals surface area contributed by atoms with Crippen LogP contribution < -0.4 is 14.8 Å². The standard InChI is InChI=1S/C18H17ClF3NO3/c1-3-25-13-5-7-14(8-6-13)26-11(2)17(24)23-12-4-9-16(19)15(10-12)18(20,21)22/h4-11H,3H2,1-2H3,(H,23,24). The van der Waals surface area contributed by atoms with E-state index >= 15 is 0 Å². The van der Waals surface area contributed by atoms with Crippen molar-refractivity contribution in [3.05, 3.63) is 53.1 Å². The average Bonchev–Trinajstić information content (AvgIpc) is 2.57. The first-order chi connectivity index (χ1) is 12.2.